The van der Waals surface area contributed by atoms with Crippen LogP contribution in [0.5, 0.6) is 0 Å². The van der Waals surface area contributed by atoms with E-state index in [2.05, 4.69) is 67.2 Å². The number of ether oxygens (including phenoxy) is 11. The van der Waals surface area contributed by atoms with Crippen LogP contribution in [-0.2, 0) is 100 Å². The van der Waals surface area contributed by atoms with Crippen molar-refractivity contribution in [1.29, 1.82) is 0 Å². The third kappa shape index (κ3) is 67.4. The van der Waals surface area contributed by atoms with Crippen LogP contribution in [0.4, 0.5) is 0 Å². The highest BCUT2D eigenvalue weighted by Crippen LogP contribution is 2.27. The number of hydrogen-bond donors (Lipinski definition) is 20. The Labute approximate surface area is 864 Å². The van der Waals surface area contributed by atoms with E-state index in [4.69, 9.17) is 62.7 Å². The van der Waals surface area contributed by atoms with Gasteiger partial charge >= 0.3 is 0 Å². The predicted molar refractivity (Wildman–Crippen MR) is 547 cm³/mol. The van der Waals surface area contributed by atoms with Crippen LogP contribution in [0.2, 0.25) is 0 Å². The minimum atomic E-state index is -1.46. The van der Waals surface area contributed by atoms with Crippen LogP contribution in [0.15, 0.2) is 0 Å². The van der Waals surface area contributed by atoms with Crippen LogP contribution in [0.3, 0.4) is 0 Å². The number of carbonyl (C=O) groups excluding carboxylic acids is 9. The largest absolute Gasteiger partial charge is 0.394 e. The summed E-state index contributed by atoms with van der Waals surface area (Å²) in [5.74, 6) is -3.14. The Kier molecular flexibility index (Phi) is 81.8. The zero-order valence-electron chi connectivity index (χ0n) is 88.7. The van der Waals surface area contributed by atoms with Crippen molar-refractivity contribution in [1.82, 2.24) is 53.3 Å². The third-order valence-electron chi connectivity index (χ3n) is 26.0. The molecule has 0 saturated carbocycles. The van der Waals surface area contributed by atoms with E-state index in [0.29, 0.717) is 110 Å². The zero-order chi connectivity index (χ0) is 106. The van der Waals surface area contributed by atoms with Crippen LogP contribution in [-0.4, -0.2) is 354 Å². The maximum absolute atomic E-state index is 14.3. The molecule has 16 atom stereocenters. The summed E-state index contributed by atoms with van der Waals surface area (Å²) in [6.45, 7) is 8.43. The number of amides is 9. The molecule has 3 heterocycles. The van der Waals surface area contributed by atoms with E-state index in [-0.39, 0.29) is 191 Å². The molecule has 3 rings (SSSR count). The van der Waals surface area contributed by atoms with E-state index in [1.54, 1.807) is 0 Å². The van der Waals surface area contributed by atoms with Gasteiger partial charge in [-0.15, -0.1) is 0 Å². The third-order valence-corrected chi connectivity index (χ3v) is 26.0. The molecule has 9 amide bonds. The van der Waals surface area contributed by atoms with Crippen molar-refractivity contribution in [2.24, 2.45) is 5.73 Å². The van der Waals surface area contributed by atoms with E-state index in [9.17, 15) is 89.1 Å². The van der Waals surface area contributed by atoms with Crippen LogP contribution in [0.1, 0.15) is 355 Å². The highest BCUT2D eigenvalue weighted by Gasteiger charge is 2.48. The Bertz CT molecular complexity index is 3150. The lowest BCUT2D eigenvalue weighted by Crippen LogP contribution is -2.64. The summed E-state index contributed by atoms with van der Waals surface area (Å²) in [6.07, 6.45) is 31.6. The van der Waals surface area contributed by atoms with Gasteiger partial charge in [0.2, 0.25) is 53.2 Å². The van der Waals surface area contributed by atoms with Crippen molar-refractivity contribution in [3.63, 3.8) is 0 Å². The monoisotopic (exact) mass is 2080 g/mol. The molecule has 3 aliphatic heterocycles. The second-order valence-corrected chi connectivity index (χ2v) is 39.2. The number of rotatable bonds is 97. The Morgan fingerprint density at radius 2 is 0.593 bits per heavy atom. The Morgan fingerprint density at radius 3 is 0.938 bits per heavy atom. The van der Waals surface area contributed by atoms with Crippen molar-refractivity contribution in [2.75, 3.05) is 152 Å². The van der Waals surface area contributed by atoms with Gasteiger partial charge in [0.15, 0.2) is 18.9 Å². The number of carbonyl (C=O) groups is 9. The first-order valence-corrected chi connectivity index (χ1v) is 55.5. The summed E-state index contributed by atoms with van der Waals surface area (Å²) in [5, 5.41) is 116. The fourth-order valence-electron chi connectivity index (χ4n) is 17.2. The molecule has 0 bridgehead atoms. The molecule has 3 aliphatic rings. The average Bonchev–Trinajstić information content (AvgIpc) is 0.808. The van der Waals surface area contributed by atoms with Crippen LogP contribution >= 0.6 is 0 Å². The summed E-state index contributed by atoms with van der Waals surface area (Å²) < 4.78 is 65.1. The Balaban J connectivity index is 1.66. The Hall–Kier alpha value is -5.69. The van der Waals surface area contributed by atoms with Gasteiger partial charge in [0.05, 0.1) is 78.7 Å². The van der Waals surface area contributed by atoms with Crippen LogP contribution in [0.25, 0.3) is 0 Å². The summed E-state index contributed by atoms with van der Waals surface area (Å²) >= 11 is 0. The molecule has 21 N–H and O–H groups in total. The number of aliphatic hydroxyl groups is 9. The summed E-state index contributed by atoms with van der Waals surface area (Å²) in [4.78, 5) is 122. The summed E-state index contributed by atoms with van der Waals surface area (Å²) in [7, 11) is 0. The number of unbranched alkanes of at least 4 members (excludes halogenated alkanes) is 35. The predicted octanol–water partition coefficient (Wildman–Crippen LogP) is 6.15. The van der Waals surface area contributed by atoms with Crippen molar-refractivity contribution in [3.8, 4) is 0 Å². The van der Waals surface area contributed by atoms with Crippen molar-refractivity contribution >= 4 is 53.2 Å². The molecule has 41 nitrogen and oxygen atoms in total. The Morgan fingerprint density at radius 1 is 0.303 bits per heavy atom. The van der Waals surface area contributed by atoms with Gasteiger partial charge in [0.1, 0.15) is 78.7 Å². The molecule has 0 aromatic heterocycles. The molecule has 145 heavy (non-hydrogen) atoms. The minimum absolute atomic E-state index is 0.0800. The molecule has 0 radical (unpaired) electrons. The van der Waals surface area contributed by atoms with Crippen molar-refractivity contribution < 1.29 is 146 Å². The highest BCUT2D eigenvalue weighted by molar-refractivity contribution is 5.79. The smallest absolute Gasteiger partial charge is 0.222 e. The summed E-state index contributed by atoms with van der Waals surface area (Å²) in [6, 6.07) is -3.23. The second kappa shape index (κ2) is 88.9. The lowest BCUT2D eigenvalue weighted by Gasteiger charge is -2.42. The first-order valence-electron chi connectivity index (χ1n) is 55.5. The molecule has 848 valence electrons. The van der Waals surface area contributed by atoms with Crippen LogP contribution in [0, 0.1) is 0 Å². The lowest BCUT2D eigenvalue weighted by molar-refractivity contribution is -0.270. The second-order valence-electron chi connectivity index (χ2n) is 39.2. The molecule has 15 unspecified atom stereocenters. The fourth-order valence-corrected chi connectivity index (χ4v) is 17.2. The lowest BCUT2D eigenvalue weighted by atomic mass is 9.97. The molecule has 0 aliphatic carbocycles. The maximum atomic E-state index is 14.3. The quantitative estimate of drug-likeness (QED) is 0.0240. The topological polar surface area (TPSA) is 593 Å². The molecule has 3 fully saturated rings. The number of nitrogens with one attached hydrogen (secondary N) is 10. The minimum Gasteiger partial charge on any atom is -0.394 e. The number of aliphatic hydroxyl groups excluding tert-OH is 9. The summed E-state index contributed by atoms with van der Waals surface area (Å²) in [5.41, 5.74) is 7.63. The SMILES string of the molecule is CCCCCCCCCCCCCCCCCCOC[C@H](CONCCCCCC(=O)NC(COCCC(=O)NCCCNC(=O)CCCCOC1OC(CO)C(O)C(O)C1N)(COCCC(=O)NCCCNC(=O)CCCCOC1OC(CO)C(O)C(O)C1NC(C)=O)COCCC(=O)NCCCNC(=O)CCCCOC1OC(CO)C(O)C(O)C1NC(C)=O)OCCCCCCCCCCCCCCCCCC. The molecule has 0 aromatic rings. The van der Waals surface area contributed by atoms with Crippen molar-refractivity contribution in [2.45, 2.75) is 459 Å². The van der Waals surface area contributed by atoms with Gasteiger partial charge in [-0.1, -0.05) is 213 Å². The first-order chi connectivity index (χ1) is 70.3. The van der Waals surface area contributed by atoms with Gasteiger partial charge in [-0.25, -0.2) is 5.48 Å². The van der Waals surface area contributed by atoms with Gasteiger partial charge in [-0.2, -0.15) is 0 Å². The van der Waals surface area contributed by atoms with E-state index in [1.807, 2.05) is 0 Å². The van der Waals surface area contributed by atoms with E-state index < -0.39 is 129 Å². The average molecular weight is 2080 g/mol. The van der Waals surface area contributed by atoms with Gasteiger partial charge < -0.3 is 152 Å². The van der Waals surface area contributed by atoms with E-state index in [0.717, 1.165) is 25.7 Å². The van der Waals surface area contributed by atoms with Gasteiger partial charge in [0.25, 0.3) is 0 Å². The van der Waals surface area contributed by atoms with Crippen molar-refractivity contribution in [3.05, 3.63) is 0 Å². The zero-order valence-corrected chi connectivity index (χ0v) is 88.7. The first kappa shape index (κ1) is 133. The van der Waals surface area contributed by atoms with E-state index in [1.165, 1.54) is 194 Å². The number of hydrogen-bond acceptors (Lipinski definition) is 32. The molecule has 0 spiro atoms. The fraction of sp³-hybridized carbons (Fsp3) is 0.913. The molecule has 41 heteroatoms. The number of hydroxylamine groups is 1. The van der Waals surface area contributed by atoms with Gasteiger partial charge in [0, 0.05) is 138 Å². The van der Waals surface area contributed by atoms with Gasteiger partial charge in [-0.3, -0.25) is 48.0 Å². The normalized spacial score (nSPS) is 21.7. The molecule has 0 aromatic carbocycles. The molecular weight excluding hydrogens is 1880 g/mol. The molecular formula is C104H197N11O30. The maximum Gasteiger partial charge on any atom is 0.222 e. The van der Waals surface area contributed by atoms with Gasteiger partial charge in [-0.05, 0) is 83.5 Å². The van der Waals surface area contributed by atoms with E-state index >= 15 is 0 Å². The van der Waals surface area contributed by atoms with Crippen LogP contribution < -0.4 is 59.1 Å². The molecule has 3 saturated heterocycles. The standard InChI is InChI=1S/C104H197N11O30/c1-5-7-9-11-13-15-17-19-21-23-25-27-29-31-33-41-63-134-74-81(138-64-42-34-32-30-28-26-24-22-20-18-16-14-12-10-8-6-2)75-142-112-62-40-35-36-52-91(127)115-104(76-135-68-53-88(124)109-59-46-56-106-85(121)49-37-43-65-139-101-92(105)98(131)95(128)82(71-116)143-101,77-136-69-54-89(125)110-60-47-57-107-86(122)50-38-44-66-140-102-93(113-79(3)119)99(132)96(129)83(72-117)144-102)78-137-70-55-90(126)111-61-48-58-108-87(123)51-39-45-67-141-103-94(114-80(4)120)100(133)97(130)84(73-118)145-103/h81-84,92-103,112,116-118,128-133H,5-78,105H2,1-4H3,(H,106,121)(H,107,122)(H,108,123)(H,109,124)(H,110,125)(H,111,126)(H,113,119)(H,114,120)(H,115,127)/t81-,82?,83?,84?,92?,93?,94?,95?,96?,97?,98?,99?,100?,101?,102?,103?,104?/m1/s1. The number of nitrogens with two attached hydrogens (primary N) is 1. The highest BCUT2D eigenvalue weighted by atomic mass is 16.7.